The topological polar surface area (TPSA) is 55.1 Å². The van der Waals surface area contributed by atoms with E-state index < -0.39 is 5.82 Å². The largest absolute Gasteiger partial charge is 0.359 e. The van der Waals surface area contributed by atoms with Crippen LogP contribution in [0.4, 0.5) is 4.39 Å². The summed E-state index contributed by atoms with van der Waals surface area (Å²) < 4.78 is 18.5. The van der Waals surface area contributed by atoms with Gasteiger partial charge in [-0.25, -0.2) is 4.39 Å². The summed E-state index contributed by atoms with van der Waals surface area (Å²) in [5, 5.41) is 6.61. The lowest BCUT2D eigenvalue weighted by molar-refractivity contribution is 0.0946. The van der Waals surface area contributed by atoms with Crippen LogP contribution in [0, 0.1) is 5.82 Å². The highest BCUT2D eigenvalue weighted by atomic mass is 79.9. The minimum Gasteiger partial charge on any atom is -0.359 e. The molecule has 2 aromatic rings. The van der Waals surface area contributed by atoms with Gasteiger partial charge in [-0.1, -0.05) is 19.0 Å². The Morgan fingerprint density at radius 2 is 2.20 bits per heavy atom. The molecule has 106 valence electrons. The van der Waals surface area contributed by atoms with Crippen molar-refractivity contribution in [2.24, 2.45) is 0 Å². The van der Waals surface area contributed by atoms with Crippen molar-refractivity contribution in [3.63, 3.8) is 0 Å². The second kappa shape index (κ2) is 6.17. The molecule has 1 heterocycles. The summed E-state index contributed by atoms with van der Waals surface area (Å²) in [5.74, 6) is 0.152. The molecule has 0 saturated heterocycles. The molecule has 0 radical (unpaired) electrons. The first-order chi connectivity index (χ1) is 9.47. The van der Waals surface area contributed by atoms with Crippen molar-refractivity contribution in [1.29, 1.82) is 0 Å². The molecule has 0 aliphatic carbocycles. The summed E-state index contributed by atoms with van der Waals surface area (Å²) in [7, 11) is 0. The molecule has 2 rings (SSSR count). The Morgan fingerprint density at radius 1 is 1.45 bits per heavy atom. The number of hydrogen-bond acceptors (Lipinski definition) is 3. The van der Waals surface area contributed by atoms with Crippen molar-refractivity contribution < 1.29 is 13.7 Å². The average molecular weight is 341 g/mol. The molecule has 0 unspecified atom stereocenters. The highest BCUT2D eigenvalue weighted by Crippen LogP contribution is 2.18. The Bertz CT molecular complexity index is 625. The summed E-state index contributed by atoms with van der Waals surface area (Å²) in [4.78, 5) is 12.0. The van der Waals surface area contributed by atoms with Crippen LogP contribution in [0.25, 0.3) is 0 Å². The van der Waals surface area contributed by atoms with Crippen molar-refractivity contribution in [2.75, 3.05) is 0 Å². The Morgan fingerprint density at radius 3 is 2.80 bits per heavy atom. The van der Waals surface area contributed by atoms with Gasteiger partial charge in [-0.15, -0.1) is 0 Å². The highest BCUT2D eigenvalue weighted by Gasteiger charge is 2.12. The SMILES string of the molecule is CC(C)c1cc(CNC(=O)c2ccc(F)cc2Br)on1. The third-order valence-electron chi connectivity index (χ3n) is 2.77. The van der Waals surface area contributed by atoms with E-state index in [9.17, 15) is 9.18 Å². The highest BCUT2D eigenvalue weighted by molar-refractivity contribution is 9.10. The minimum atomic E-state index is -0.398. The van der Waals surface area contributed by atoms with Gasteiger partial charge in [-0.3, -0.25) is 4.79 Å². The summed E-state index contributed by atoms with van der Waals surface area (Å²) in [5.41, 5.74) is 1.22. The molecule has 0 aliphatic heterocycles. The monoisotopic (exact) mass is 340 g/mol. The van der Waals surface area contributed by atoms with Crippen molar-refractivity contribution in [2.45, 2.75) is 26.3 Å². The van der Waals surface area contributed by atoms with Crippen LogP contribution < -0.4 is 5.32 Å². The zero-order chi connectivity index (χ0) is 14.7. The first kappa shape index (κ1) is 14.7. The van der Waals surface area contributed by atoms with Crippen molar-refractivity contribution in [3.05, 3.63) is 51.6 Å². The number of carbonyl (C=O) groups excluding carboxylic acids is 1. The van der Waals surface area contributed by atoms with Crippen LogP contribution >= 0.6 is 15.9 Å². The zero-order valence-electron chi connectivity index (χ0n) is 11.1. The number of carbonyl (C=O) groups is 1. The van der Waals surface area contributed by atoms with E-state index in [1.54, 1.807) is 0 Å². The summed E-state index contributed by atoms with van der Waals surface area (Å²) >= 11 is 3.16. The van der Waals surface area contributed by atoms with Gasteiger partial charge in [0.15, 0.2) is 5.76 Å². The minimum absolute atomic E-state index is 0.238. The maximum atomic E-state index is 13.0. The molecule has 0 fully saturated rings. The number of benzene rings is 1. The molecule has 1 aromatic heterocycles. The number of halogens is 2. The lowest BCUT2D eigenvalue weighted by atomic mass is 10.1. The molecule has 1 N–H and O–H groups in total. The lowest BCUT2D eigenvalue weighted by Crippen LogP contribution is -2.23. The summed E-state index contributed by atoms with van der Waals surface area (Å²) in [6.07, 6.45) is 0. The van der Waals surface area contributed by atoms with Crippen LogP contribution in [0.5, 0.6) is 0 Å². The molecule has 1 amide bonds. The van der Waals surface area contributed by atoms with E-state index in [0.717, 1.165) is 5.69 Å². The van der Waals surface area contributed by atoms with E-state index >= 15 is 0 Å². The number of nitrogens with one attached hydrogen (secondary N) is 1. The standard InChI is InChI=1S/C14H14BrFN2O2/c1-8(2)13-6-10(20-18-13)7-17-14(19)11-4-3-9(16)5-12(11)15/h3-6,8H,7H2,1-2H3,(H,17,19). The lowest BCUT2D eigenvalue weighted by Gasteiger charge is -2.05. The molecule has 0 spiro atoms. The quantitative estimate of drug-likeness (QED) is 0.924. The van der Waals surface area contributed by atoms with Gasteiger partial charge in [0.05, 0.1) is 17.8 Å². The third kappa shape index (κ3) is 3.45. The van der Waals surface area contributed by atoms with E-state index in [-0.39, 0.29) is 18.4 Å². The first-order valence-electron chi connectivity index (χ1n) is 6.16. The van der Waals surface area contributed by atoms with E-state index in [1.165, 1.54) is 18.2 Å². The molecule has 0 bridgehead atoms. The van der Waals surface area contributed by atoms with Gasteiger partial charge < -0.3 is 9.84 Å². The number of aromatic nitrogens is 1. The summed E-state index contributed by atoms with van der Waals surface area (Å²) in [6, 6.07) is 5.73. The predicted octanol–water partition coefficient (Wildman–Crippen LogP) is 3.63. The van der Waals surface area contributed by atoms with Gasteiger partial charge in [-0.05, 0) is 40.0 Å². The molecule has 6 heteroatoms. The van der Waals surface area contributed by atoms with Gasteiger partial charge in [0.2, 0.25) is 0 Å². The van der Waals surface area contributed by atoms with Crippen LogP contribution in [0.2, 0.25) is 0 Å². The van der Waals surface area contributed by atoms with Crippen LogP contribution in [-0.4, -0.2) is 11.1 Å². The molecule has 1 aromatic carbocycles. The van der Waals surface area contributed by atoms with Gasteiger partial charge in [0, 0.05) is 10.5 Å². The van der Waals surface area contributed by atoms with Crippen molar-refractivity contribution in [3.8, 4) is 0 Å². The van der Waals surface area contributed by atoms with Crippen LogP contribution in [-0.2, 0) is 6.54 Å². The maximum Gasteiger partial charge on any atom is 0.252 e. The number of hydrogen-bond donors (Lipinski definition) is 1. The van der Waals surface area contributed by atoms with E-state index in [0.29, 0.717) is 15.8 Å². The second-order valence-electron chi connectivity index (χ2n) is 4.68. The Hall–Kier alpha value is -1.69. The Balaban J connectivity index is 2.01. The fraction of sp³-hybridized carbons (Fsp3) is 0.286. The van der Waals surface area contributed by atoms with E-state index in [1.807, 2.05) is 19.9 Å². The van der Waals surface area contributed by atoms with Crippen molar-refractivity contribution >= 4 is 21.8 Å². The molecule has 4 nitrogen and oxygen atoms in total. The number of amides is 1. The summed E-state index contributed by atoms with van der Waals surface area (Å²) in [6.45, 7) is 4.26. The normalized spacial score (nSPS) is 10.8. The van der Waals surface area contributed by atoms with Gasteiger partial charge >= 0.3 is 0 Å². The molecule has 0 saturated carbocycles. The van der Waals surface area contributed by atoms with Gasteiger partial charge in [0.1, 0.15) is 5.82 Å². The van der Waals surface area contributed by atoms with E-state index in [4.69, 9.17) is 4.52 Å². The molecular weight excluding hydrogens is 327 g/mol. The molecule has 0 atom stereocenters. The van der Waals surface area contributed by atoms with Crippen LogP contribution in [0.3, 0.4) is 0 Å². The smallest absolute Gasteiger partial charge is 0.252 e. The van der Waals surface area contributed by atoms with Crippen LogP contribution in [0.1, 0.15) is 41.6 Å². The van der Waals surface area contributed by atoms with Gasteiger partial charge in [-0.2, -0.15) is 0 Å². The second-order valence-corrected chi connectivity index (χ2v) is 5.53. The first-order valence-corrected chi connectivity index (χ1v) is 6.95. The predicted molar refractivity (Wildman–Crippen MR) is 75.9 cm³/mol. The molecular formula is C14H14BrFN2O2. The van der Waals surface area contributed by atoms with Gasteiger partial charge in [0.25, 0.3) is 5.91 Å². The molecule has 0 aliphatic rings. The van der Waals surface area contributed by atoms with E-state index in [2.05, 4.69) is 26.4 Å². The fourth-order valence-electron chi connectivity index (χ4n) is 1.62. The Kier molecular flexibility index (Phi) is 4.54. The maximum absolute atomic E-state index is 13.0. The number of nitrogens with zero attached hydrogens (tertiary/aromatic N) is 1. The third-order valence-corrected chi connectivity index (χ3v) is 3.42. The zero-order valence-corrected chi connectivity index (χ0v) is 12.7. The average Bonchev–Trinajstić information content (AvgIpc) is 2.85. The molecule has 20 heavy (non-hydrogen) atoms. The number of rotatable bonds is 4. The van der Waals surface area contributed by atoms with Crippen LogP contribution in [0.15, 0.2) is 33.3 Å². The fourth-order valence-corrected chi connectivity index (χ4v) is 2.15. The van der Waals surface area contributed by atoms with Crippen molar-refractivity contribution in [1.82, 2.24) is 10.5 Å². The Labute approximate surface area is 124 Å².